The predicted molar refractivity (Wildman–Crippen MR) is 61.1 cm³/mol. The van der Waals surface area contributed by atoms with Crippen LogP contribution in [-0.4, -0.2) is 38.7 Å². The summed E-state index contributed by atoms with van der Waals surface area (Å²) in [5.41, 5.74) is 2.09. The van der Waals surface area contributed by atoms with Crippen LogP contribution in [-0.2, 0) is 9.53 Å². The fraction of sp³-hybridized carbons (Fsp3) is 0.625. The Hall–Kier alpha value is -1.32. The average molecular weight is 258 g/mol. The van der Waals surface area contributed by atoms with E-state index in [0.717, 1.165) is 6.42 Å². The number of hydrogen-bond donors (Lipinski definition) is 3. The van der Waals surface area contributed by atoms with E-state index in [1.165, 1.54) is 22.8 Å². The van der Waals surface area contributed by atoms with Crippen LogP contribution in [0, 0.1) is 0 Å². The van der Waals surface area contributed by atoms with Gasteiger partial charge in [0.1, 0.15) is 12.4 Å². The minimum Gasteiger partial charge on any atom is -0.364 e. The van der Waals surface area contributed by atoms with Gasteiger partial charge in [0.15, 0.2) is 0 Å². The van der Waals surface area contributed by atoms with E-state index in [1.807, 2.05) is 0 Å². The lowest BCUT2D eigenvalue weighted by atomic mass is 10.2. The van der Waals surface area contributed by atoms with Crippen LogP contribution in [0.15, 0.2) is 11.5 Å². The molecule has 0 radical (unpaired) electrons. The molecule has 1 aromatic heterocycles. The maximum absolute atomic E-state index is 11.2. The molecule has 1 aliphatic heterocycles. The molecule has 1 aromatic rings. The van der Waals surface area contributed by atoms with Gasteiger partial charge in [0, 0.05) is 5.75 Å². The van der Waals surface area contributed by atoms with Gasteiger partial charge in [0.05, 0.1) is 6.10 Å². The number of thioether (sulfide) groups is 1. The quantitative estimate of drug-likeness (QED) is 0.263. The molecule has 2 heterocycles. The molecule has 1 fully saturated rings. The van der Waals surface area contributed by atoms with Gasteiger partial charge in [0.2, 0.25) is 5.16 Å². The van der Waals surface area contributed by atoms with Crippen LogP contribution in [0.4, 0.5) is 0 Å². The van der Waals surface area contributed by atoms with Crippen molar-refractivity contribution in [2.24, 2.45) is 5.84 Å². The molecular formula is C8H14N6O2S. The number of nitrogens with zero attached hydrogens (tertiary/aromatic N) is 3. The number of hydrogen-bond acceptors (Lipinski definition) is 7. The molecule has 9 heteroatoms. The van der Waals surface area contributed by atoms with Crippen molar-refractivity contribution < 1.29 is 9.53 Å². The van der Waals surface area contributed by atoms with E-state index in [-0.39, 0.29) is 12.0 Å². The lowest BCUT2D eigenvalue weighted by molar-refractivity contribution is -0.131. The first-order valence-electron chi connectivity index (χ1n) is 5.14. The Labute approximate surface area is 102 Å². The Morgan fingerprint density at radius 2 is 2.53 bits per heavy atom. The third-order valence-corrected chi connectivity index (χ3v) is 3.57. The number of carbonyl (C=O) groups excluding carboxylic acids is 1. The fourth-order valence-corrected chi connectivity index (χ4v) is 2.50. The molecule has 0 bridgehead atoms. The Balaban J connectivity index is 1.79. The van der Waals surface area contributed by atoms with Crippen LogP contribution >= 0.6 is 11.8 Å². The van der Waals surface area contributed by atoms with Crippen molar-refractivity contribution in [3.8, 4) is 0 Å². The largest absolute Gasteiger partial charge is 0.364 e. The molecule has 1 amide bonds. The maximum atomic E-state index is 11.2. The van der Waals surface area contributed by atoms with Gasteiger partial charge in [-0.2, -0.15) is 0 Å². The van der Waals surface area contributed by atoms with Crippen molar-refractivity contribution >= 4 is 17.7 Å². The predicted octanol–water partition coefficient (Wildman–Crippen LogP) is -1.38. The van der Waals surface area contributed by atoms with Crippen LogP contribution < -0.4 is 17.1 Å². The van der Waals surface area contributed by atoms with Gasteiger partial charge in [0.25, 0.3) is 5.91 Å². The molecule has 0 spiro atoms. The molecule has 8 nitrogen and oxygen atoms in total. The Morgan fingerprint density at radius 3 is 3.18 bits per heavy atom. The van der Waals surface area contributed by atoms with Crippen LogP contribution in [0.5, 0.6) is 0 Å². The normalized spacial score (nSPS) is 23.8. The van der Waals surface area contributed by atoms with Gasteiger partial charge in [-0.3, -0.25) is 10.2 Å². The Morgan fingerprint density at radius 1 is 1.71 bits per heavy atom. The zero-order valence-electron chi connectivity index (χ0n) is 9.07. The zero-order valence-corrected chi connectivity index (χ0v) is 9.89. The number of ether oxygens (including phenoxy) is 1. The minimum absolute atomic E-state index is 0.0130. The first-order valence-corrected chi connectivity index (χ1v) is 6.13. The summed E-state index contributed by atoms with van der Waals surface area (Å²) in [6.07, 6.45) is 2.51. The number of nitrogens with one attached hydrogen (secondary N) is 1. The molecular weight excluding hydrogens is 244 g/mol. The van der Waals surface area contributed by atoms with E-state index in [9.17, 15) is 4.79 Å². The monoisotopic (exact) mass is 258 g/mol. The molecule has 0 aliphatic carbocycles. The summed E-state index contributed by atoms with van der Waals surface area (Å²) >= 11 is 1.45. The fourth-order valence-electron chi connectivity index (χ4n) is 1.62. The van der Waals surface area contributed by atoms with Crippen molar-refractivity contribution in [3.63, 3.8) is 0 Å². The summed E-state index contributed by atoms with van der Waals surface area (Å²) in [7, 11) is 0. The first-order chi connectivity index (χ1) is 8.20. The third-order valence-electron chi connectivity index (χ3n) is 2.48. The van der Waals surface area contributed by atoms with Crippen molar-refractivity contribution in [1.82, 2.24) is 20.3 Å². The molecule has 2 rings (SSSR count). The van der Waals surface area contributed by atoms with Gasteiger partial charge in [-0.05, 0) is 12.8 Å². The number of carbonyl (C=O) groups is 1. The third kappa shape index (κ3) is 2.87. The highest BCUT2D eigenvalue weighted by atomic mass is 32.2. The summed E-state index contributed by atoms with van der Waals surface area (Å²) in [5, 5.41) is 8.14. The van der Waals surface area contributed by atoms with Crippen LogP contribution in [0.1, 0.15) is 12.8 Å². The van der Waals surface area contributed by atoms with Crippen molar-refractivity contribution in [2.75, 3.05) is 11.6 Å². The summed E-state index contributed by atoms with van der Waals surface area (Å²) in [5.74, 6) is 11.0. The molecule has 2 atom stereocenters. The molecule has 1 aliphatic rings. The topological polar surface area (TPSA) is 121 Å². The number of nitrogens with two attached hydrogens (primary N) is 2. The minimum atomic E-state index is -0.443. The maximum Gasteiger partial charge on any atom is 0.263 e. The number of hydrazine groups is 1. The second-order valence-electron chi connectivity index (χ2n) is 3.66. The lowest BCUT2D eigenvalue weighted by Gasteiger charge is -2.11. The Kier molecular flexibility index (Phi) is 3.82. The summed E-state index contributed by atoms with van der Waals surface area (Å²) in [6, 6.07) is 0. The summed E-state index contributed by atoms with van der Waals surface area (Å²) < 4.78 is 6.89. The van der Waals surface area contributed by atoms with Gasteiger partial charge >= 0.3 is 0 Å². The zero-order chi connectivity index (χ0) is 12.3. The van der Waals surface area contributed by atoms with Gasteiger partial charge in [-0.15, -0.1) is 10.2 Å². The molecule has 0 aromatic carbocycles. The van der Waals surface area contributed by atoms with E-state index < -0.39 is 6.10 Å². The second kappa shape index (κ2) is 5.34. The second-order valence-corrected chi connectivity index (χ2v) is 4.65. The highest BCUT2D eigenvalue weighted by Crippen LogP contribution is 2.25. The van der Waals surface area contributed by atoms with Crippen molar-refractivity contribution in [3.05, 3.63) is 6.33 Å². The number of amides is 1. The van der Waals surface area contributed by atoms with Gasteiger partial charge in [-0.25, -0.2) is 10.5 Å². The van der Waals surface area contributed by atoms with E-state index >= 15 is 0 Å². The summed E-state index contributed by atoms with van der Waals surface area (Å²) in [6.45, 7) is 0. The smallest absolute Gasteiger partial charge is 0.263 e. The molecule has 1 saturated heterocycles. The van der Waals surface area contributed by atoms with Crippen LogP contribution in [0.25, 0.3) is 0 Å². The molecule has 5 N–H and O–H groups in total. The van der Waals surface area contributed by atoms with Crippen LogP contribution in [0.2, 0.25) is 0 Å². The van der Waals surface area contributed by atoms with Crippen molar-refractivity contribution in [1.29, 1.82) is 0 Å². The number of rotatable bonds is 4. The van der Waals surface area contributed by atoms with E-state index in [2.05, 4.69) is 15.6 Å². The summed E-state index contributed by atoms with van der Waals surface area (Å²) in [4.78, 5) is 11.2. The van der Waals surface area contributed by atoms with E-state index in [0.29, 0.717) is 17.3 Å². The highest BCUT2D eigenvalue weighted by molar-refractivity contribution is 7.99. The Bertz CT molecular complexity index is 397. The SMILES string of the molecule is NNC(=O)C1CCC(CSc2nncn2N)O1. The highest BCUT2D eigenvalue weighted by Gasteiger charge is 2.30. The average Bonchev–Trinajstić information content (AvgIpc) is 2.94. The van der Waals surface area contributed by atoms with Crippen molar-refractivity contribution in [2.45, 2.75) is 30.2 Å². The molecule has 2 unspecified atom stereocenters. The molecule has 94 valence electrons. The number of aromatic nitrogens is 3. The van der Waals surface area contributed by atoms with E-state index in [4.69, 9.17) is 16.4 Å². The van der Waals surface area contributed by atoms with Gasteiger partial charge in [-0.1, -0.05) is 11.8 Å². The lowest BCUT2D eigenvalue weighted by Crippen LogP contribution is -2.39. The van der Waals surface area contributed by atoms with Crippen LogP contribution in [0.3, 0.4) is 0 Å². The molecule has 0 saturated carbocycles. The molecule has 17 heavy (non-hydrogen) atoms. The standard InChI is InChI=1S/C8H14N6O2S/c9-12-7(15)6-2-1-5(16-6)3-17-8-13-11-4-14(8)10/h4-6H,1-3,9-10H2,(H,12,15). The van der Waals surface area contributed by atoms with Gasteiger partial charge < -0.3 is 10.6 Å². The number of nitrogen functional groups attached to an aromatic ring is 1. The first kappa shape index (κ1) is 12.1. The van der Waals surface area contributed by atoms with E-state index in [1.54, 1.807) is 0 Å².